The van der Waals surface area contributed by atoms with Crippen LogP contribution in [0.25, 0.3) is 0 Å². The van der Waals surface area contributed by atoms with Crippen LogP contribution >= 0.6 is 34.7 Å². The smallest absolute Gasteiger partial charge is 0.237 e. The average molecular weight is 416 g/mol. The van der Waals surface area contributed by atoms with E-state index in [0.717, 1.165) is 9.47 Å². The van der Waals surface area contributed by atoms with Crippen LogP contribution in [-0.4, -0.2) is 64.7 Å². The van der Waals surface area contributed by atoms with Gasteiger partial charge in [0.1, 0.15) is 11.6 Å². The highest BCUT2D eigenvalue weighted by Crippen LogP contribution is 2.28. The maximum Gasteiger partial charge on any atom is 0.237 e. The Morgan fingerprint density at radius 1 is 1.31 bits per heavy atom. The number of halogens is 1. The second-order valence-electron chi connectivity index (χ2n) is 5.50. The number of carbonyl (C=O) groups excluding carboxylic acids is 2. The van der Waals surface area contributed by atoms with Gasteiger partial charge in [-0.2, -0.15) is 0 Å². The molecule has 0 spiro atoms. The quantitative estimate of drug-likeness (QED) is 0.540. The van der Waals surface area contributed by atoms with E-state index in [1.54, 1.807) is 17.2 Å². The predicted octanol–water partition coefficient (Wildman–Crippen LogP) is 1.43. The van der Waals surface area contributed by atoms with Gasteiger partial charge in [-0.1, -0.05) is 23.1 Å². The van der Waals surface area contributed by atoms with Crippen LogP contribution in [-0.2, 0) is 16.1 Å². The van der Waals surface area contributed by atoms with Crippen LogP contribution in [0.3, 0.4) is 0 Å². The molecule has 26 heavy (non-hydrogen) atoms. The standard InChI is InChI=1S/C15H18ClN5O3S2/c16-8-13(23)20-3-5-21(6-4-20)14-18-19-15(26-14)25-10-12(22)17-9-11-2-1-7-24-11/h1-2,7H,3-6,8-10H2,(H,17,22). The molecule has 3 rings (SSSR count). The minimum absolute atomic E-state index is 0.0155. The summed E-state index contributed by atoms with van der Waals surface area (Å²) in [6.45, 7) is 3.03. The third-order valence-electron chi connectivity index (χ3n) is 3.78. The lowest BCUT2D eigenvalue weighted by atomic mass is 10.3. The molecule has 0 bridgehead atoms. The van der Waals surface area contributed by atoms with Crippen molar-refractivity contribution in [3.05, 3.63) is 24.2 Å². The van der Waals surface area contributed by atoms with Crippen LogP contribution in [0.15, 0.2) is 27.2 Å². The molecule has 1 saturated heterocycles. The van der Waals surface area contributed by atoms with Crippen LogP contribution in [0.2, 0.25) is 0 Å². The van der Waals surface area contributed by atoms with E-state index in [0.29, 0.717) is 38.5 Å². The number of hydrogen-bond donors (Lipinski definition) is 1. The first-order valence-electron chi connectivity index (χ1n) is 8.00. The molecule has 0 saturated carbocycles. The number of amides is 2. The number of furan rings is 1. The van der Waals surface area contributed by atoms with E-state index in [9.17, 15) is 9.59 Å². The summed E-state index contributed by atoms with van der Waals surface area (Å²) >= 11 is 8.39. The lowest BCUT2D eigenvalue weighted by Crippen LogP contribution is -2.49. The first-order chi connectivity index (χ1) is 12.7. The van der Waals surface area contributed by atoms with Crippen molar-refractivity contribution in [3.63, 3.8) is 0 Å². The van der Waals surface area contributed by atoms with Gasteiger partial charge in [-0.05, 0) is 12.1 Å². The summed E-state index contributed by atoms with van der Waals surface area (Å²) in [4.78, 5) is 27.3. The summed E-state index contributed by atoms with van der Waals surface area (Å²) in [5.74, 6) is 0.875. The number of alkyl halides is 1. The molecule has 140 valence electrons. The summed E-state index contributed by atoms with van der Waals surface area (Å²) in [6, 6.07) is 3.59. The zero-order valence-corrected chi connectivity index (χ0v) is 16.3. The van der Waals surface area contributed by atoms with Crippen molar-refractivity contribution in [3.8, 4) is 0 Å². The molecule has 2 aromatic heterocycles. The molecule has 0 radical (unpaired) electrons. The van der Waals surface area contributed by atoms with E-state index < -0.39 is 0 Å². The van der Waals surface area contributed by atoms with E-state index in [1.165, 1.54) is 23.1 Å². The Kier molecular flexibility index (Phi) is 6.75. The lowest BCUT2D eigenvalue weighted by molar-refractivity contribution is -0.128. The Labute approximate surface area is 163 Å². The monoisotopic (exact) mass is 415 g/mol. The average Bonchev–Trinajstić information content (AvgIpc) is 3.36. The molecule has 1 aliphatic heterocycles. The fourth-order valence-corrected chi connectivity index (χ4v) is 4.29. The molecule has 0 aliphatic carbocycles. The van der Waals surface area contributed by atoms with Gasteiger partial charge in [0.25, 0.3) is 0 Å². The minimum atomic E-state index is -0.0867. The SMILES string of the molecule is O=C(CSc1nnc(N2CCN(C(=O)CCl)CC2)s1)NCc1ccco1. The predicted molar refractivity (Wildman–Crippen MR) is 101 cm³/mol. The zero-order chi connectivity index (χ0) is 18.4. The molecular weight excluding hydrogens is 398 g/mol. The number of hydrogen-bond acceptors (Lipinski definition) is 8. The highest BCUT2D eigenvalue weighted by Gasteiger charge is 2.22. The number of thioether (sulfide) groups is 1. The first kappa shape index (κ1) is 19.0. The lowest BCUT2D eigenvalue weighted by Gasteiger charge is -2.33. The zero-order valence-electron chi connectivity index (χ0n) is 13.9. The number of nitrogens with zero attached hydrogens (tertiary/aromatic N) is 4. The number of anilines is 1. The molecular formula is C15H18ClN5O3S2. The van der Waals surface area contributed by atoms with Gasteiger partial charge in [0.15, 0.2) is 4.34 Å². The summed E-state index contributed by atoms with van der Waals surface area (Å²) in [5.41, 5.74) is 0. The molecule has 1 N–H and O–H groups in total. The fraction of sp³-hybridized carbons (Fsp3) is 0.467. The topological polar surface area (TPSA) is 91.6 Å². The van der Waals surface area contributed by atoms with Crippen LogP contribution in [0.1, 0.15) is 5.76 Å². The number of nitrogens with one attached hydrogen (secondary N) is 1. The highest BCUT2D eigenvalue weighted by atomic mass is 35.5. The first-order valence-corrected chi connectivity index (χ1v) is 10.3. The van der Waals surface area contributed by atoms with Gasteiger partial charge < -0.3 is 19.5 Å². The Bertz CT molecular complexity index is 731. The molecule has 2 aromatic rings. The van der Waals surface area contributed by atoms with E-state index in [-0.39, 0.29) is 23.4 Å². The highest BCUT2D eigenvalue weighted by molar-refractivity contribution is 8.01. The Morgan fingerprint density at radius 3 is 2.81 bits per heavy atom. The van der Waals surface area contributed by atoms with Crippen LogP contribution < -0.4 is 10.2 Å². The third kappa shape index (κ3) is 5.12. The molecule has 0 unspecified atom stereocenters. The molecule has 1 fully saturated rings. The third-order valence-corrected chi connectivity index (χ3v) is 6.13. The van der Waals surface area contributed by atoms with Gasteiger partial charge in [0.2, 0.25) is 16.9 Å². The van der Waals surface area contributed by atoms with Crippen LogP contribution in [0.5, 0.6) is 0 Å². The maximum absolute atomic E-state index is 11.9. The van der Waals surface area contributed by atoms with E-state index in [2.05, 4.69) is 20.4 Å². The van der Waals surface area contributed by atoms with Crippen molar-refractivity contribution in [2.75, 3.05) is 42.7 Å². The second-order valence-corrected chi connectivity index (χ2v) is 7.94. The Balaban J connectivity index is 1.42. The number of carbonyl (C=O) groups is 2. The summed E-state index contributed by atoms with van der Waals surface area (Å²) < 4.78 is 5.91. The van der Waals surface area contributed by atoms with Crippen molar-refractivity contribution in [2.24, 2.45) is 0 Å². The molecule has 8 nitrogen and oxygen atoms in total. The van der Waals surface area contributed by atoms with Crippen molar-refractivity contribution < 1.29 is 14.0 Å². The molecule has 0 atom stereocenters. The molecule has 1 aliphatic rings. The van der Waals surface area contributed by atoms with Gasteiger partial charge in [-0.3, -0.25) is 9.59 Å². The molecule has 2 amide bonds. The molecule has 3 heterocycles. The van der Waals surface area contributed by atoms with Crippen molar-refractivity contribution in [1.82, 2.24) is 20.4 Å². The van der Waals surface area contributed by atoms with Crippen molar-refractivity contribution in [1.29, 1.82) is 0 Å². The second kappa shape index (κ2) is 9.24. The fourth-order valence-electron chi connectivity index (χ4n) is 2.40. The van der Waals surface area contributed by atoms with Gasteiger partial charge in [0, 0.05) is 26.2 Å². The summed E-state index contributed by atoms with van der Waals surface area (Å²) in [6.07, 6.45) is 1.57. The Hall–Kier alpha value is -1.78. The maximum atomic E-state index is 11.9. The van der Waals surface area contributed by atoms with Gasteiger partial charge in [-0.25, -0.2) is 0 Å². The van der Waals surface area contributed by atoms with E-state index >= 15 is 0 Å². The largest absolute Gasteiger partial charge is 0.467 e. The number of aromatic nitrogens is 2. The van der Waals surface area contributed by atoms with Crippen LogP contribution in [0.4, 0.5) is 5.13 Å². The van der Waals surface area contributed by atoms with Crippen molar-refractivity contribution >= 4 is 51.6 Å². The van der Waals surface area contributed by atoms with Crippen molar-refractivity contribution in [2.45, 2.75) is 10.9 Å². The van der Waals surface area contributed by atoms with E-state index in [1.807, 2.05) is 6.07 Å². The van der Waals surface area contributed by atoms with Crippen LogP contribution in [0, 0.1) is 0 Å². The summed E-state index contributed by atoms with van der Waals surface area (Å²) in [5, 5.41) is 11.9. The van der Waals surface area contributed by atoms with E-state index in [4.69, 9.17) is 16.0 Å². The number of piperazine rings is 1. The molecule has 0 aromatic carbocycles. The summed E-state index contributed by atoms with van der Waals surface area (Å²) in [7, 11) is 0. The minimum Gasteiger partial charge on any atom is -0.467 e. The van der Waals surface area contributed by atoms with Gasteiger partial charge >= 0.3 is 0 Å². The molecule has 11 heteroatoms. The number of rotatable bonds is 7. The normalized spacial score (nSPS) is 14.5. The van der Waals surface area contributed by atoms with Gasteiger partial charge in [-0.15, -0.1) is 21.8 Å². The van der Waals surface area contributed by atoms with Gasteiger partial charge in [0.05, 0.1) is 18.6 Å². The Morgan fingerprint density at radius 2 is 2.12 bits per heavy atom.